The van der Waals surface area contributed by atoms with E-state index in [2.05, 4.69) is 11.1 Å². The Kier molecular flexibility index (Phi) is 6.83. The lowest BCUT2D eigenvalue weighted by Crippen LogP contribution is -2.45. The van der Waals surface area contributed by atoms with Gasteiger partial charge in [-0.15, -0.1) is 0 Å². The van der Waals surface area contributed by atoms with Crippen molar-refractivity contribution >= 4 is 23.4 Å². The summed E-state index contributed by atoms with van der Waals surface area (Å²) in [7, 11) is 0. The number of hydrogen-bond donors (Lipinski definition) is 1. The molecule has 0 fully saturated rings. The zero-order valence-electron chi connectivity index (χ0n) is 20.8. The molecule has 1 aromatic carbocycles. The largest absolute Gasteiger partial charge is 0.460 e. The molecule has 2 N–H and O–H groups in total. The minimum absolute atomic E-state index is 0.00700. The summed E-state index contributed by atoms with van der Waals surface area (Å²) >= 11 is 0. The van der Waals surface area contributed by atoms with Crippen molar-refractivity contribution in [2.75, 3.05) is 0 Å². The second-order valence-electron chi connectivity index (χ2n) is 10.2. The molecule has 1 aliphatic heterocycles. The van der Waals surface area contributed by atoms with E-state index >= 15 is 0 Å². The van der Waals surface area contributed by atoms with E-state index in [0.717, 1.165) is 41.8 Å². The predicted molar refractivity (Wildman–Crippen MR) is 131 cm³/mol. The molecule has 8 nitrogen and oxygen atoms in total. The lowest BCUT2D eigenvalue weighted by Gasteiger charge is -2.25. The summed E-state index contributed by atoms with van der Waals surface area (Å²) in [6.45, 7) is 7.40. The van der Waals surface area contributed by atoms with Gasteiger partial charge in [0.25, 0.3) is 5.91 Å². The maximum atomic E-state index is 13.1. The summed E-state index contributed by atoms with van der Waals surface area (Å²) in [5, 5.41) is 0. The molecule has 2 amide bonds. The second kappa shape index (κ2) is 9.68. The monoisotopic (exact) mass is 479 g/mol. The van der Waals surface area contributed by atoms with E-state index in [9.17, 15) is 14.4 Å². The van der Waals surface area contributed by atoms with Gasteiger partial charge in [0.1, 0.15) is 17.3 Å². The molecular weight excluding hydrogens is 446 g/mol. The van der Waals surface area contributed by atoms with E-state index in [-0.39, 0.29) is 25.3 Å². The summed E-state index contributed by atoms with van der Waals surface area (Å²) in [4.78, 5) is 43.6. The molecule has 186 valence electrons. The first-order chi connectivity index (χ1) is 16.5. The Balaban J connectivity index is 1.56. The van der Waals surface area contributed by atoms with Crippen LogP contribution in [0.4, 0.5) is 0 Å². The number of primary amides is 1. The van der Waals surface area contributed by atoms with E-state index in [1.807, 2.05) is 19.1 Å². The fraction of sp³-hybridized carbons (Fsp3) is 0.481. The quantitative estimate of drug-likeness (QED) is 0.583. The van der Waals surface area contributed by atoms with Crippen molar-refractivity contribution in [2.45, 2.75) is 84.4 Å². The average molecular weight is 480 g/mol. The Labute approximate surface area is 205 Å². The lowest BCUT2D eigenvalue weighted by molar-refractivity contribution is -0.155. The van der Waals surface area contributed by atoms with Crippen LogP contribution < -0.4 is 5.73 Å². The first-order valence-electron chi connectivity index (χ1n) is 12.2. The molecule has 2 aliphatic rings. The first-order valence-corrected chi connectivity index (χ1v) is 12.2. The van der Waals surface area contributed by atoms with Gasteiger partial charge in [-0.3, -0.25) is 14.4 Å². The number of ether oxygens (including phenoxy) is 1. The number of aromatic nitrogens is 1. The van der Waals surface area contributed by atoms with E-state index in [1.54, 1.807) is 26.8 Å². The number of benzene rings is 1. The molecule has 0 saturated carbocycles. The zero-order chi connectivity index (χ0) is 25.3. The summed E-state index contributed by atoms with van der Waals surface area (Å²) in [5.74, 6) is 0.0344. The number of allylic oxidation sites excluding steroid dienone is 2. The standard InChI is InChI=1S/C27H33N3O5/c1-16-29-23(24(34-16)17-8-6-5-7-9-17)18-10-11-20-19(14-18)15-30(26(20)33)21(25(28)32)12-13-22(31)35-27(2,3)4/h8,10-11,14,21H,5-7,9,12-13,15H2,1-4H3,(H2,28,32). The van der Waals surface area contributed by atoms with E-state index < -0.39 is 23.5 Å². The Morgan fingerprint density at radius 2 is 2.03 bits per heavy atom. The van der Waals surface area contributed by atoms with Crippen LogP contribution in [0.1, 0.15) is 86.9 Å². The highest BCUT2D eigenvalue weighted by atomic mass is 16.6. The minimum Gasteiger partial charge on any atom is -0.460 e. The highest BCUT2D eigenvalue weighted by Gasteiger charge is 2.36. The molecule has 8 heteroatoms. The average Bonchev–Trinajstić information content (AvgIpc) is 3.33. The van der Waals surface area contributed by atoms with Gasteiger partial charge in [0.05, 0.1) is 0 Å². The van der Waals surface area contributed by atoms with Crippen LogP contribution >= 0.6 is 0 Å². The van der Waals surface area contributed by atoms with Crippen molar-refractivity contribution < 1.29 is 23.5 Å². The van der Waals surface area contributed by atoms with E-state index in [1.165, 1.54) is 16.9 Å². The van der Waals surface area contributed by atoms with Gasteiger partial charge in [-0.1, -0.05) is 12.1 Å². The molecular formula is C27H33N3O5. The zero-order valence-corrected chi connectivity index (χ0v) is 20.8. The SMILES string of the molecule is Cc1nc(-c2ccc3c(c2)CN(C(CCC(=O)OC(C)(C)C)C(N)=O)C3=O)c(C2=CCCCC2)o1. The van der Waals surface area contributed by atoms with Crippen molar-refractivity contribution in [3.05, 3.63) is 47.1 Å². The van der Waals surface area contributed by atoms with Gasteiger partial charge in [0.2, 0.25) is 5.91 Å². The summed E-state index contributed by atoms with van der Waals surface area (Å²) in [5.41, 5.74) is 9.13. The van der Waals surface area contributed by atoms with Gasteiger partial charge in [0, 0.05) is 31.0 Å². The fourth-order valence-corrected chi connectivity index (χ4v) is 4.73. The Morgan fingerprint density at radius 3 is 2.69 bits per heavy atom. The summed E-state index contributed by atoms with van der Waals surface area (Å²) in [6.07, 6.45) is 6.60. The highest BCUT2D eigenvalue weighted by molar-refractivity contribution is 6.01. The van der Waals surface area contributed by atoms with E-state index in [0.29, 0.717) is 11.5 Å². The normalized spacial score (nSPS) is 16.6. The molecule has 1 aliphatic carbocycles. The summed E-state index contributed by atoms with van der Waals surface area (Å²) in [6, 6.07) is 4.67. The Bertz CT molecular complexity index is 1190. The number of fused-ring (bicyclic) bond motifs is 1. The van der Waals surface area contributed by atoms with Gasteiger partial charge in [-0.25, -0.2) is 4.98 Å². The van der Waals surface area contributed by atoms with Crippen LogP contribution in [0.15, 0.2) is 28.7 Å². The van der Waals surface area contributed by atoms with Crippen LogP contribution in [0.3, 0.4) is 0 Å². The topological polar surface area (TPSA) is 116 Å². The predicted octanol–water partition coefficient (Wildman–Crippen LogP) is 4.54. The Hall–Kier alpha value is -3.42. The number of carbonyl (C=O) groups excluding carboxylic acids is 3. The smallest absolute Gasteiger partial charge is 0.306 e. The molecule has 2 heterocycles. The van der Waals surface area contributed by atoms with Gasteiger partial charge < -0.3 is 19.8 Å². The molecule has 0 spiro atoms. The molecule has 35 heavy (non-hydrogen) atoms. The van der Waals surface area contributed by atoms with Gasteiger partial charge in [0.15, 0.2) is 11.7 Å². The van der Waals surface area contributed by atoms with Crippen LogP contribution in [0.5, 0.6) is 0 Å². The minimum atomic E-state index is -0.900. The van der Waals surface area contributed by atoms with Crippen molar-refractivity contribution in [2.24, 2.45) is 5.73 Å². The van der Waals surface area contributed by atoms with Crippen LogP contribution in [-0.2, 0) is 20.9 Å². The number of nitrogens with two attached hydrogens (primary N) is 1. The maximum absolute atomic E-state index is 13.1. The fourth-order valence-electron chi connectivity index (χ4n) is 4.73. The molecule has 0 radical (unpaired) electrons. The number of oxazole rings is 1. The van der Waals surface area contributed by atoms with Gasteiger partial charge >= 0.3 is 5.97 Å². The molecule has 2 aromatic rings. The number of aryl methyl sites for hydroxylation is 1. The molecule has 1 unspecified atom stereocenters. The maximum Gasteiger partial charge on any atom is 0.306 e. The third-order valence-electron chi connectivity index (χ3n) is 6.27. The third-order valence-corrected chi connectivity index (χ3v) is 6.27. The molecule has 1 atom stereocenters. The summed E-state index contributed by atoms with van der Waals surface area (Å²) < 4.78 is 11.3. The highest BCUT2D eigenvalue weighted by Crippen LogP contribution is 2.37. The van der Waals surface area contributed by atoms with Crippen LogP contribution in [0, 0.1) is 6.92 Å². The van der Waals surface area contributed by atoms with Crippen molar-refractivity contribution in [1.29, 1.82) is 0 Å². The van der Waals surface area contributed by atoms with Gasteiger partial charge in [-0.05, 0) is 76.1 Å². The molecule has 1 aromatic heterocycles. The molecule has 0 bridgehead atoms. The third kappa shape index (κ3) is 5.47. The number of esters is 1. The number of rotatable bonds is 7. The van der Waals surface area contributed by atoms with Crippen molar-refractivity contribution in [1.82, 2.24) is 9.88 Å². The lowest BCUT2D eigenvalue weighted by atomic mass is 9.94. The first kappa shape index (κ1) is 24.7. The second-order valence-corrected chi connectivity index (χ2v) is 10.2. The van der Waals surface area contributed by atoms with Crippen LogP contribution in [0.25, 0.3) is 16.8 Å². The molecule has 0 saturated heterocycles. The van der Waals surface area contributed by atoms with Crippen molar-refractivity contribution in [3.8, 4) is 11.3 Å². The Morgan fingerprint density at radius 1 is 1.26 bits per heavy atom. The van der Waals surface area contributed by atoms with Crippen molar-refractivity contribution in [3.63, 3.8) is 0 Å². The van der Waals surface area contributed by atoms with Crippen LogP contribution in [0.2, 0.25) is 0 Å². The number of nitrogens with zero attached hydrogens (tertiary/aromatic N) is 2. The van der Waals surface area contributed by atoms with E-state index in [4.69, 9.17) is 14.9 Å². The number of carbonyl (C=O) groups is 3. The van der Waals surface area contributed by atoms with Gasteiger partial charge in [-0.2, -0.15) is 0 Å². The number of hydrogen-bond acceptors (Lipinski definition) is 6. The number of amides is 2. The molecule has 4 rings (SSSR count). The van der Waals surface area contributed by atoms with Crippen LogP contribution in [-0.4, -0.2) is 39.3 Å².